The summed E-state index contributed by atoms with van der Waals surface area (Å²) in [7, 11) is 0. The minimum absolute atomic E-state index is 0.0799. The number of hydrogen-bond acceptors (Lipinski definition) is 3. The van der Waals surface area contributed by atoms with Crippen LogP contribution in [0.4, 0.5) is 0 Å². The first-order valence-electron chi connectivity index (χ1n) is 5.99. The molecule has 0 aromatic carbocycles. The molecular weight excluding hydrogens is 220 g/mol. The molecule has 0 bridgehead atoms. The highest BCUT2D eigenvalue weighted by Crippen LogP contribution is 2.05. The van der Waals surface area contributed by atoms with Crippen LogP contribution in [0.2, 0.25) is 0 Å². The fraction of sp³-hybridized carbons (Fsp3) is 0.692. The van der Waals surface area contributed by atoms with Gasteiger partial charge in [-0.15, -0.1) is 0 Å². The van der Waals surface area contributed by atoms with Gasteiger partial charge in [0.15, 0.2) is 10.9 Å². The molecule has 0 fully saturated rings. The summed E-state index contributed by atoms with van der Waals surface area (Å²) in [5.41, 5.74) is 0. The van der Waals surface area contributed by atoms with Crippen molar-refractivity contribution in [2.75, 3.05) is 5.75 Å². The third-order valence-corrected chi connectivity index (χ3v) is 3.00. The lowest BCUT2D eigenvalue weighted by molar-refractivity contribution is -0.114. The average molecular weight is 242 g/mol. The predicted octanol–water partition coefficient (Wildman–Crippen LogP) is 3.75. The maximum atomic E-state index is 11.3. The fourth-order valence-corrected chi connectivity index (χ4v) is 1.87. The Morgan fingerprint density at radius 3 is 2.56 bits per heavy atom. The van der Waals surface area contributed by atoms with Gasteiger partial charge >= 0.3 is 0 Å². The van der Waals surface area contributed by atoms with Gasteiger partial charge in [-0.1, -0.05) is 44.0 Å². The lowest BCUT2D eigenvalue weighted by atomic mass is 10.1. The summed E-state index contributed by atoms with van der Waals surface area (Å²) >= 11 is 1.22. The Balaban J connectivity index is 3.40. The van der Waals surface area contributed by atoms with Crippen molar-refractivity contribution >= 4 is 22.7 Å². The number of rotatable bonds is 9. The molecule has 0 aliphatic carbocycles. The number of unbranched alkanes of at least 4 members (excludes halogenated alkanes) is 4. The SMILES string of the molecule is CCCCCCC=CC(=O)CCSC(C)=O. The highest BCUT2D eigenvalue weighted by molar-refractivity contribution is 8.13. The van der Waals surface area contributed by atoms with Crippen molar-refractivity contribution in [1.29, 1.82) is 0 Å². The van der Waals surface area contributed by atoms with Gasteiger partial charge in [-0.2, -0.15) is 0 Å². The normalized spacial score (nSPS) is 10.9. The van der Waals surface area contributed by atoms with Crippen molar-refractivity contribution < 1.29 is 9.59 Å². The molecule has 2 nitrogen and oxygen atoms in total. The van der Waals surface area contributed by atoms with Crippen molar-refractivity contribution in [3.05, 3.63) is 12.2 Å². The first-order valence-corrected chi connectivity index (χ1v) is 6.98. The van der Waals surface area contributed by atoms with Gasteiger partial charge < -0.3 is 0 Å². The van der Waals surface area contributed by atoms with Crippen LogP contribution < -0.4 is 0 Å². The molecule has 0 atom stereocenters. The molecule has 0 radical (unpaired) electrons. The van der Waals surface area contributed by atoms with E-state index >= 15 is 0 Å². The van der Waals surface area contributed by atoms with E-state index in [2.05, 4.69) is 6.92 Å². The smallest absolute Gasteiger partial charge is 0.185 e. The van der Waals surface area contributed by atoms with Gasteiger partial charge in [0, 0.05) is 19.1 Å². The Kier molecular flexibility index (Phi) is 10.5. The molecule has 0 spiro atoms. The Morgan fingerprint density at radius 1 is 1.19 bits per heavy atom. The second-order valence-corrected chi connectivity index (χ2v) is 5.08. The summed E-state index contributed by atoms with van der Waals surface area (Å²) < 4.78 is 0. The zero-order valence-electron chi connectivity index (χ0n) is 10.3. The Morgan fingerprint density at radius 2 is 1.94 bits per heavy atom. The second-order valence-electron chi connectivity index (χ2n) is 3.81. The average Bonchev–Trinajstić information content (AvgIpc) is 2.22. The topological polar surface area (TPSA) is 34.1 Å². The summed E-state index contributed by atoms with van der Waals surface area (Å²) in [4.78, 5) is 21.9. The van der Waals surface area contributed by atoms with Crippen LogP contribution in [0, 0.1) is 0 Å². The third-order valence-electron chi connectivity index (χ3n) is 2.18. The van der Waals surface area contributed by atoms with E-state index in [1.54, 1.807) is 6.08 Å². The number of thioether (sulfide) groups is 1. The van der Waals surface area contributed by atoms with Crippen LogP contribution >= 0.6 is 11.8 Å². The highest BCUT2D eigenvalue weighted by Gasteiger charge is 1.98. The van der Waals surface area contributed by atoms with Crippen LogP contribution in [-0.4, -0.2) is 16.7 Å². The van der Waals surface area contributed by atoms with Gasteiger partial charge in [0.1, 0.15) is 0 Å². The molecule has 0 aromatic rings. The van der Waals surface area contributed by atoms with E-state index in [9.17, 15) is 9.59 Å². The summed E-state index contributed by atoms with van der Waals surface area (Å²) in [6.07, 6.45) is 10.0. The van der Waals surface area contributed by atoms with E-state index in [1.165, 1.54) is 44.4 Å². The minimum atomic E-state index is 0.0799. The van der Waals surface area contributed by atoms with Gasteiger partial charge in [-0.3, -0.25) is 9.59 Å². The first kappa shape index (κ1) is 15.4. The van der Waals surface area contributed by atoms with Crippen molar-refractivity contribution in [2.24, 2.45) is 0 Å². The van der Waals surface area contributed by atoms with Crippen LogP contribution in [0.5, 0.6) is 0 Å². The van der Waals surface area contributed by atoms with E-state index in [-0.39, 0.29) is 10.9 Å². The van der Waals surface area contributed by atoms with Gasteiger partial charge in [-0.05, 0) is 18.9 Å². The predicted molar refractivity (Wildman–Crippen MR) is 70.7 cm³/mol. The van der Waals surface area contributed by atoms with E-state index in [4.69, 9.17) is 0 Å². The molecular formula is C13H22O2S. The zero-order chi connectivity index (χ0) is 12.2. The molecule has 0 rings (SSSR count). The second kappa shape index (κ2) is 10.9. The summed E-state index contributed by atoms with van der Waals surface area (Å²) in [5.74, 6) is 0.734. The molecule has 0 aromatic heterocycles. The van der Waals surface area contributed by atoms with Gasteiger partial charge in [0.2, 0.25) is 0 Å². The molecule has 0 unspecified atom stereocenters. The van der Waals surface area contributed by atoms with E-state index in [0.717, 1.165) is 6.42 Å². The van der Waals surface area contributed by atoms with E-state index < -0.39 is 0 Å². The quantitative estimate of drug-likeness (QED) is 0.456. The Hall–Kier alpha value is -0.570. The minimum Gasteiger partial charge on any atom is -0.295 e. The third kappa shape index (κ3) is 11.5. The summed E-state index contributed by atoms with van der Waals surface area (Å²) in [6.45, 7) is 3.71. The fourth-order valence-electron chi connectivity index (χ4n) is 1.28. The number of carbonyl (C=O) groups is 2. The maximum absolute atomic E-state index is 11.3. The van der Waals surface area contributed by atoms with Crippen molar-refractivity contribution in [1.82, 2.24) is 0 Å². The Labute approximate surface area is 103 Å². The highest BCUT2D eigenvalue weighted by atomic mass is 32.2. The van der Waals surface area contributed by atoms with Crippen molar-refractivity contribution in [3.8, 4) is 0 Å². The molecule has 16 heavy (non-hydrogen) atoms. The van der Waals surface area contributed by atoms with Gasteiger partial charge in [0.05, 0.1) is 0 Å². The molecule has 0 saturated carbocycles. The lowest BCUT2D eigenvalue weighted by Crippen LogP contribution is -1.96. The maximum Gasteiger partial charge on any atom is 0.185 e. The number of allylic oxidation sites excluding steroid dienone is 2. The summed E-state index contributed by atoms with van der Waals surface area (Å²) in [5, 5.41) is 0.0799. The lowest BCUT2D eigenvalue weighted by Gasteiger charge is -1.95. The number of hydrogen-bond donors (Lipinski definition) is 0. The van der Waals surface area contributed by atoms with Crippen LogP contribution in [0.1, 0.15) is 52.4 Å². The standard InChI is InChI=1S/C13H22O2S/c1-3-4-5-6-7-8-9-13(15)10-11-16-12(2)14/h8-9H,3-7,10-11H2,1-2H3. The van der Waals surface area contributed by atoms with Gasteiger partial charge in [-0.25, -0.2) is 0 Å². The molecule has 0 aliphatic heterocycles. The number of carbonyl (C=O) groups excluding carboxylic acids is 2. The van der Waals surface area contributed by atoms with Crippen molar-refractivity contribution in [3.63, 3.8) is 0 Å². The molecule has 3 heteroatoms. The molecule has 0 aliphatic rings. The molecule has 92 valence electrons. The van der Waals surface area contributed by atoms with Crippen LogP contribution in [-0.2, 0) is 9.59 Å². The van der Waals surface area contributed by atoms with Gasteiger partial charge in [0.25, 0.3) is 0 Å². The summed E-state index contributed by atoms with van der Waals surface area (Å²) in [6, 6.07) is 0. The van der Waals surface area contributed by atoms with E-state index in [1.807, 2.05) is 6.08 Å². The van der Waals surface area contributed by atoms with E-state index in [0.29, 0.717) is 12.2 Å². The number of ketones is 1. The first-order chi connectivity index (χ1) is 7.66. The molecule has 0 heterocycles. The van der Waals surface area contributed by atoms with Crippen LogP contribution in [0.25, 0.3) is 0 Å². The molecule has 0 amide bonds. The van der Waals surface area contributed by atoms with Crippen molar-refractivity contribution in [2.45, 2.75) is 52.4 Å². The largest absolute Gasteiger partial charge is 0.295 e. The molecule has 0 saturated heterocycles. The van der Waals surface area contributed by atoms with Crippen LogP contribution in [0.15, 0.2) is 12.2 Å². The molecule has 0 N–H and O–H groups in total. The monoisotopic (exact) mass is 242 g/mol. The zero-order valence-corrected chi connectivity index (χ0v) is 11.1. The van der Waals surface area contributed by atoms with Crippen LogP contribution in [0.3, 0.4) is 0 Å². The Bertz CT molecular complexity index is 234.